The van der Waals surface area contributed by atoms with Crippen LogP contribution in [-0.2, 0) is 0 Å². The van der Waals surface area contributed by atoms with E-state index in [4.69, 9.17) is 0 Å². The van der Waals surface area contributed by atoms with E-state index in [2.05, 4.69) is 264 Å². The molecule has 0 bridgehead atoms. The summed E-state index contributed by atoms with van der Waals surface area (Å²) in [7, 11) is 0. The fraction of sp³-hybridized carbons (Fsp3) is 0. The summed E-state index contributed by atoms with van der Waals surface area (Å²) < 4.78 is 2.42. The Morgan fingerprint density at radius 1 is 0.266 bits per heavy atom. The van der Waals surface area contributed by atoms with E-state index in [9.17, 15) is 0 Å². The highest BCUT2D eigenvalue weighted by Crippen LogP contribution is 2.44. The summed E-state index contributed by atoms with van der Waals surface area (Å²) in [4.78, 5) is 2.43. The molecule has 0 spiro atoms. The van der Waals surface area contributed by atoms with Crippen LogP contribution in [0.2, 0.25) is 0 Å². The summed E-state index contributed by atoms with van der Waals surface area (Å²) in [5.74, 6) is 0. The van der Waals surface area contributed by atoms with Gasteiger partial charge in [-0.3, -0.25) is 0 Å². The topological polar surface area (TPSA) is 8.17 Å². The van der Waals surface area contributed by atoms with Crippen molar-refractivity contribution in [1.82, 2.24) is 4.57 Å². The molecule has 2 nitrogen and oxygen atoms in total. The van der Waals surface area contributed by atoms with E-state index in [0.29, 0.717) is 0 Å². The fourth-order valence-electron chi connectivity index (χ4n) is 9.80. The minimum atomic E-state index is 1.08. The van der Waals surface area contributed by atoms with Gasteiger partial charge in [-0.25, -0.2) is 0 Å². The van der Waals surface area contributed by atoms with E-state index in [1.807, 2.05) is 0 Å². The Morgan fingerprint density at radius 3 is 1.53 bits per heavy atom. The Labute approximate surface area is 373 Å². The lowest BCUT2D eigenvalue weighted by Gasteiger charge is -2.29. The Bertz CT molecular complexity index is 3600. The lowest BCUT2D eigenvalue weighted by Crippen LogP contribution is -2.11. The maximum absolute atomic E-state index is 2.43. The van der Waals surface area contributed by atoms with Gasteiger partial charge in [-0.15, -0.1) is 0 Å². The van der Waals surface area contributed by atoms with Gasteiger partial charge in [0, 0.05) is 33.3 Å². The lowest BCUT2D eigenvalue weighted by molar-refractivity contribution is 1.18. The van der Waals surface area contributed by atoms with E-state index in [1.165, 1.54) is 71.2 Å². The highest BCUT2D eigenvalue weighted by molar-refractivity contribution is 6.14. The second kappa shape index (κ2) is 15.8. The van der Waals surface area contributed by atoms with Gasteiger partial charge in [0.25, 0.3) is 0 Å². The lowest BCUT2D eigenvalue weighted by atomic mass is 9.93. The van der Waals surface area contributed by atoms with E-state index in [0.717, 1.165) is 39.4 Å². The Hall–Kier alpha value is -8.46. The SMILES string of the molecule is c1ccc(-c2ccc(-c3ccccc3N(c3ccc(-c4ccccc4-n4c5ccccc5c5ccccc54)cc3)c3cccc(-c4cc5ccccc5c5ccccc45)c3)cc2)cc1. The molecule has 1 heterocycles. The summed E-state index contributed by atoms with van der Waals surface area (Å²) in [6.07, 6.45) is 0. The molecular formula is C62H42N2. The number of nitrogens with zero attached hydrogens (tertiary/aromatic N) is 2. The highest BCUT2D eigenvalue weighted by atomic mass is 15.1. The smallest absolute Gasteiger partial charge is 0.0541 e. The summed E-state index contributed by atoms with van der Waals surface area (Å²) >= 11 is 0. The molecule has 0 aliphatic heterocycles. The molecule has 0 unspecified atom stereocenters. The summed E-state index contributed by atoms with van der Waals surface area (Å²) in [6.45, 7) is 0. The van der Waals surface area contributed by atoms with E-state index in [-0.39, 0.29) is 0 Å². The third-order valence-electron chi connectivity index (χ3n) is 12.8. The molecule has 0 amide bonds. The first-order chi connectivity index (χ1) is 31.8. The quantitative estimate of drug-likeness (QED) is 0.139. The first kappa shape index (κ1) is 37.3. The van der Waals surface area contributed by atoms with Crippen molar-refractivity contribution in [3.8, 4) is 50.2 Å². The van der Waals surface area contributed by atoms with Gasteiger partial charge >= 0.3 is 0 Å². The molecule has 300 valence electrons. The molecule has 11 aromatic carbocycles. The monoisotopic (exact) mass is 814 g/mol. The molecule has 12 aromatic rings. The van der Waals surface area contributed by atoms with Crippen molar-refractivity contribution in [3.63, 3.8) is 0 Å². The van der Waals surface area contributed by atoms with Crippen molar-refractivity contribution >= 4 is 60.4 Å². The van der Waals surface area contributed by atoms with E-state index >= 15 is 0 Å². The van der Waals surface area contributed by atoms with Gasteiger partial charge in [0.2, 0.25) is 0 Å². The maximum atomic E-state index is 2.43. The summed E-state index contributed by atoms with van der Waals surface area (Å²) in [6, 6.07) is 92.7. The van der Waals surface area contributed by atoms with Gasteiger partial charge in [0.05, 0.1) is 22.4 Å². The molecule has 0 saturated heterocycles. The van der Waals surface area contributed by atoms with Gasteiger partial charge in [-0.2, -0.15) is 0 Å². The minimum absolute atomic E-state index is 1.08. The molecule has 64 heavy (non-hydrogen) atoms. The molecule has 0 N–H and O–H groups in total. The van der Waals surface area contributed by atoms with Crippen LogP contribution in [0.3, 0.4) is 0 Å². The summed E-state index contributed by atoms with van der Waals surface area (Å²) in [5, 5.41) is 7.53. The zero-order chi connectivity index (χ0) is 42.4. The number of hydrogen-bond acceptors (Lipinski definition) is 1. The van der Waals surface area contributed by atoms with Crippen LogP contribution in [-0.4, -0.2) is 4.57 Å². The van der Waals surface area contributed by atoms with E-state index in [1.54, 1.807) is 0 Å². The number of anilines is 3. The number of hydrogen-bond donors (Lipinski definition) is 0. The van der Waals surface area contributed by atoms with Gasteiger partial charge in [0.15, 0.2) is 0 Å². The van der Waals surface area contributed by atoms with Gasteiger partial charge in [-0.05, 0) is 110 Å². The second-order valence-corrected chi connectivity index (χ2v) is 16.5. The van der Waals surface area contributed by atoms with Crippen LogP contribution in [0.1, 0.15) is 0 Å². The number of aromatic nitrogens is 1. The van der Waals surface area contributed by atoms with Crippen LogP contribution in [0.5, 0.6) is 0 Å². The number of fused-ring (bicyclic) bond motifs is 6. The minimum Gasteiger partial charge on any atom is -0.310 e. The van der Waals surface area contributed by atoms with Crippen molar-refractivity contribution in [1.29, 1.82) is 0 Å². The molecule has 12 rings (SSSR count). The third kappa shape index (κ3) is 6.44. The van der Waals surface area contributed by atoms with Crippen molar-refractivity contribution in [2.75, 3.05) is 4.90 Å². The predicted molar refractivity (Wildman–Crippen MR) is 272 cm³/mol. The van der Waals surface area contributed by atoms with Crippen LogP contribution in [0, 0.1) is 0 Å². The fourth-order valence-corrected chi connectivity index (χ4v) is 9.80. The normalized spacial score (nSPS) is 11.4. The molecule has 0 saturated carbocycles. The molecule has 0 atom stereocenters. The molecule has 0 aliphatic carbocycles. The van der Waals surface area contributed by atoms with E-state index < -0.39 is 0 Å². The average molecular weight is 815 g/mol. The zero-order valence-corrected chi connectivity index (χ0v) is 35.1. The Kier molecular flexibility index (Phi) is 9.20. The zero-order valence-electron chi connectivity index (χ0n) is 35.1. The first-order valence-corrected chi connectivity index (χ1v) is 22.0. The largest absolute Gasteiger partial charge is 0.310 e. The number of para-hydroxylation sites is 4. The van der Waals surface area contributed by atoms with Crippen molar-refractivity contribution < 1.29 is 0 Å². The van der Waals surface area contributed by atoms with Crippen LogP contribution < -0.4 is 4.90 Å². The number of benzene rings is 11. The maximum Gasteiger partial charge on any atom is 0.0541 e. The van der Waals surface area contributed by atoms with Crippen LogP contribution in [0.15, 0.2) is 255 Å². The predicted octanol–water partition coefficient (Wildman–Crippen LogP) is 17.2. The molecule has 2 heteroatoms. The molecule has 0 fully saturated rings. The van der Waals surface area contributed by atoms with Crippen molar-refractivity contribution in [2.24, 2.45) is 0 Å². The van der Waals surface area contributed by atoms with Gasteiger partial charge in [0.1, 0.15) is 0 Å². The van der Waals surface area contributed by atoms with Crippen LogP contribution >= 0.6 is 0 Å². The first-order valence-electron chi connectivity index (χ1n) is 22.0. The van der Waals surface area contributed by atoms with Crippen LogP contribution in [0.4, 0.5) is 17.1 Å². The molecule has 1 aromatic heterocycles. The highest BCUT2D eigenvalue weighted by Gasteiger charge is 2.20. The summed E-state index contributed by atoms with van der Waals surface area (Å²) in [5.41, 5.74) is 16.3. The number of rotatable bonds is 8. The second-order valence-electron chi connectivity index (χ2n) is 16.5. The standard InChI is InChI=1S/C62H42N2/c1-2-17-43(18-3-1)44-33-35-45(36-34-44)52-23-8-12-29-59(52)63(50-21-16-20-47(41-50)58-42-48-19-4-5-22-51(48)54-25-6-7-26-55(54)58)49-39-37-46(38-40-49)53-24-9-13-30-60(53)64-61-31-14-10-27-56(61)57-28-11-15-32-62(57)64/h1-42H. The Morgan fingerprint density at radius 2 is 0.781 bits per heavy atom. The van der Waals surface area contributed by atoms with Crippen molar-refractivity contribution in [3.05, 3.63) is 255 Å². The average Bonchev–Trinajstić information content (AvgIpc) is 3.71. The Balaban J connectivity index is 1.02. The molecular weight excluding hydrogens is 773 g/mol. The third-order valence-corrected chi connectivity index (χ3v) is 12.8. The van der Waals surface area contributed by atoms with Gasteiger partial charge < -0.3 is 9.47 Å². The molecule has 0 radical (unpaired) electrons. The molecule has 0 aliphatic rings. The van der Waals surface area contributed by atoms with Crippen molar-refractivity contribution in [2.45, 2.75) is 0 Å². The van der Waals surface area contributed by atoms with Crippen LogP contribution in [0.25, 0.3) is 93.5 Å². The van der Waals surface area contributed by atoms with Gasteiger partial charge in [-0.1, -0.05) is 200 Å².